The lowest BCUT2D eigenvalue weighted by atomic mass is 10.0. The fourth-order valence-electron chi connectivity index (χ4n) is 2.95. The van der Waals surface area contributed by atoms with Crippen molar-refractivity contribution in [3.8, 4) is 11.5 Å². The number of aromatic nitrogens is 1. The molecule has 2 aromatic carbocycles. The van der Waals surface area contributed by atoms with Crippen LogP contribution < -0.4 is 10.1 Å². The number of carbonyl (C=O) groups is 1. The van der Waals surface area contributed by atoms with Crippen molar-refractivity contribution in [3.63, 3.8) is 0 Å². The maximum Gasteiger partial charge on any atom is 0.258 e. The molecule has 2 N–H and O–H groups in total. The van der Waals surface area contributed by atoms with Crippen LogP contribution in [0.4, 0.5) is 0 Å². The molecule has 0 aliphatic heterocycles. The van der Waals surface area contributed by atoms with Crippen molar-refractivity contribution in [3.05, 3.63) is 77.5 Å². The zero-order valence-electron chi connectivity index (χ0n) is 16.1. The number of pyridine rings is 1. The van der Waals surface area contributed by atoms with Gasteiger partial charge in [0.05, 0.1) is 11.1 Å². The molecule has 0 fully saturated rings. The molecule has 0 spiro atoms. The van der Waals surface area contributed by atoms with Gasteiger partial charge in [0.2, 0.25) is 0 Å². The summed E-state index contributed by atoms with van der Waals surface area (Å²) in [6, 6.07) is 13.8. The number of phenols is 1. The molecule has 3 rings (SSSR count). The van der Waals surface area contributed by atoms with E-state index >= 15 is 0 Å². The van der Waals surface area contributed by atoms with Crippen LogP contribution in [0.15, 0.2) is 66.9 Å². The van der Waals surface area contributed by atoms with E-state index in [9.17, 15) is 9.90 Å². The van der Waals surface area contributed by atoms with Crippen molar-refractivity contribution in [1.29, 1.82) is 0 Å². The summed E-state index contributed by atoms with van der Waals surface area (Å²) in [5, 5.41) is 14.8. The lowest BCUT2D eigenvalue weighted by Gasteiger charge is -2.19. The molecule has 5 nitrogen and oxygen atoms in total. The minimum Gasteiger partial charge on any atom is -0.505 e. The van der Waals surface area contributed by atoms with Crippen LogP contribution in [0.25, 0.3) is 10.9 Å². The molecule has 29 heavy (non-hydrogen) atoms. The van der Waals surface area contributed by atoms with Crippen molar-refractivity contribution in [2.24, 2.45) is 0 Å². The Hall–Kier alpha value is -3.05. The van der Waals surface area contributed by atoms with Gasteiger partial charge in [-0.15, -0.1) is 0 Å². The summed E-state index contributed by atoms with van der Waals surface area (Å²) in [4.78, 5) is 16.7. The Morgan fingerprint density at radius 3 is 2.83 bits per heavy atom. The molecule has 0 bridgehead atoms. The van der Waals surface area contributed by atoms with Crippen LogP contribution in [0.3, 0.4) is 0 Å². The number of benzene rings is 2. The molecule has 1 aromatic heterocycles. The van der Waals surface area contributed by atoms with Gasteiger partial charge in [-0.1, -0.05) is 55.3 Å². The highest BCUT2D eigenvalue weighted by atomic mass is 35.5. The van der Waals surface area contributed by atoms with Gasteiger partial charge >= 0.3 is 0 Å². The number of hydrogen-bond donors (Lipinski definition) is 2. The minimum absolute atomic E-state index is 0.000395. The second kappa shape index (κ2) is 9.94. The number of nitrogens with zero attached hydrogens (tertiary/aromatic N) is 1. The minimum atomic E-state index is -0.558. The number of ether oxygens (including phenoxy) is 1. The predicted octanol–water partition coefficient (Wildman–Crippen LogP) is 5.19. The van der Waals surface area contributed by atoms with Crippen LogP contribution in [-0.4, -0.2) is 22.6 Å². The third-order valence-corrected chi connectivity index (χ3v) is 4.71. The second-order valence-corrected chi connectivity index (χ2v) is 6.97. The van der Waals surface area contributed by atoms with Crippen LogP contribution in [0, 0.1) is 0 Å². The Balaban J connectivity index is 1.84. The van der Waals surface area contributed by atoms with E-state index < -0.39 is 6.04 Å². The molecule has 0 aliphatic rings. The zero-order chi connectivity index (χ0) is 20.6. The standard InChI is InChI=1S/C23H23ClN2O3/c1-2-3-5-12-20(26-21(27)15-29-16-9-6-4-7-10-16)18-14-19(24)17-11-8-13-25-22(17)23(18)28/h4-14,20,28H,2-3,15H2,1H3,(H,26,27). The average molecular weight is 411 g/mol. The summed E-state index contributed by atoms with van der Waals surface area (Å²) in [6.45, 7) is 1.93. The summed E-state index contributed by atoms with van der Waals surface area (Å²) in [5.74, 6) is 0.304. The number of rotatable bonds is 8. The maximum atomic E-state index is 12.5. The number of para-hydroxylation sites is 1. The second-order valence-electron chi connectivity index (χ2n) is 6.56. The van der Waals surface area contributed by atoms with E-state index in [0.29, 0.717) is 27.2 Å². The molecule has 1 unspecified atom stereocenters. The Morgan fingerprint density at radius 1 is 1.28 bits per heavy atom. The largest absolute Gasteiger partial charge is 0.505 e. The van der Waals surface area contributed by atoms with E-state index in [1.54, 1.807) is 36.5 Å². The van der Waals surface area contributed by atoms with Crippen molar-refractivity contribution >= 4 is 28.4 Å². The first-order chi connectivity index (χ1) is 14.1. The SMILES string of the molecule is CCCC=CC(NC(=O)COc1ccccc1)c1cc(Cl)c2cccnc2c1O. The molecule has 0 saturated heterocycles. The van der Waals surface area contributed by atoms with E-state index in [-0.39, 0.29) is 18.3 Å². The van der Waals surface area contributed by atoms with Crippen LogP contribution in [0.2, 0.25) is 5.02 Å². The van der Waals surface area contributed by atoms with E-state index in [2.05, 4.69) is 17.2 Å². The number of allylic oxidation sites excluding steroid dienone is 1. The number of phenolic OH excluding ortho intramolecular Hbond substituents is 1. The van der Waals surface area contributed by atoms with Gasteiger partial charge in [-0.2, -0.15) is 0 Å². The molecule has 0 radical (unpaired) electrons. The van der Waals surface area contributed by atoms with Crippen molar-refractivity contribution < 1.29 is 14.6 Å². The number of aromatic hydroxyl groups is 1. The van der Waals surface area contributed by atoms with Gasteiger partial charge in [0.25, 0.3) is 5.91 Å². The average Bonchev–Trinajstić information content (AvgIpc) is 2.75. The monoisotopic (exact) mass is 410 g/mol. The molecule has 6 heteroatoms. The molecular weight excluding hydrogens is 388 g/mol. The van der Waals surface area contributed by atoms with Crippen LogP contribution in [-0.2, 0) is 4.79 Å². The fourth-order valence-corrected chi connectivity index (χ4v) is 3.22. The first kappa shape index (κ1) is 20.7. The number of carbonyl (C=O) groups excluding carboxylic acids is 1. The maximum absolute atomic E-state index is 12.5. The number of unbranched alkanes of at least 4 members (excludes halogenated alkanes) is 1. The summed E-state index contributed by atoms with van der Waals surface area (Å²) < 4.78 is 5.52. The van der Waals surface area contributed by atoms with Gasteiger partial charge in [0.1, 0.15) is 17.0 Å². The molecule has 1 amide bonds. The quantitative estimate of drug-likeness (QED) is 0.501. The summed E-state index contributed by atoms with van der Waals surface area (Å²) >= 11 is 6.40. The molecule has 0 saturated carbocycles. The lowest BCUT2D eigenvalue weighted by Crippen LogP contribution is -2.32. The molecule has 0 aliphatic carbocycles. The highest BCUT2D eigenvalue weighted by Crippen LogP contribution is 2.36. The number of fused-ring (bicyclic) bond motifs is 1. The van der Waals surface area contributed by atoms with Gasteiger partial charge in [-0.25, -0.2) is 0 Å². The van der Waals surface area contributed by atoms with E-state index in [0.717, 1.165) is 12.8 Å². The fraction of sp³-hybridized carbons (Fsp3) is 0.217. The van der Waals surface area contributed by atoms with Gasteiger partial charge in [-0.05, 0) is 36.8 Å². The first-order valence-electron chi connectivity index (χ1n) is 9.50. The van der Waals surface area contributed by atoms with Gasteiger partial charge < -0.3 is 15.2 Å². The normalized spacial score (nSPS) is 12.2. The van der Waals surface area contributed by atoms with E-state index in [4.69, 9.17) is 16.3 Å². The van der Waals surface area contributed by atoms with Gasteiger partial charge in [-0.3, -0.25) is 9.78 Å². The number of hydrogen-bond acceptors (Lipinski definition) is 4. The Bertz CT molecular complexity index is 1010. The molecule has 1 atom stereocenters. The number of halogens is 1. The first-order valence-corrected chi connectivity index (χ1v) is 9.88. The topological polar surface area (TPSA) is 71.5 Å². The van der Waals surface area contributed by atoms with Crippen molar-refractivity contribution in [1.82, 2.24) is 10.3 Å². The summed E-state index contributed by atoms with van der Waals surface area (Å²) in [7, 11) is 0. The van der Waals surface area contributed by atoms with Crippen molar-refractivity contribution in [2.75, 3.05) is 6.61 Å². The van der Waals surface area contributed by atoms with Crippen molar-refractivity contribution in [2.45, 2.75) is 25.8 Å². The highest BCUT2D eigenvalue weighted by molar-refractivity contribution is 6.35. The molecule has 1 heterocycles. The van der Waals surface area contributed by atoms with Crippen LogP contribution in [0.5, 0.6) is 11.5 Å². The highest BCUT2D eigenvalue weighted by Gasteiger charge is 2.20. The molecule has 3 aromatic rings. The third-order valence-electron chi connectivity index (χ3n) is 4.39. The van der Waals surface area contributed by atoms with E-state index in [1.807, 2.05) is 30.4 Å². The Morgan fingerprint density at radius 2 is 2.07 bits per heavy atom. The molecular formula is C23H23ClN2O3. The van der Waals surface area contributed by atoms with Gasteiger partial charge in [0.15, 0.2) is 6.61 Å². The summed E-state index contributed by atoms with van der Waals surface area (Å²) in [6.07, 6.45) is 7.24. The smallest absolute Gasteiger partial charge is 0.258 e. The third kappa shape index (κ3) is 5.27. The Labute approximate surface area is 175 Å². The lowest BCUT2D eigenvalue weighted by molar-refractivity contribution is -0.123. The predicted molar refractivity (Wildman–Crippen MR) is 115 cm³/mol. The van der Waals surface area contributed by atoms with Crippen LogP contribution in [0.1, 0.15) is 31.4 Å². The molecule has 150 valence electrons. The number of amides is 1. The Kier molecular flexibility index (Phi) is 7.09. The zero-order valence-corrected chi connectivity index (χ0v) is 16.9. The summed E-state index contributed by atoms with van der Waals surface area (Å²) in [5.41, 5.74) is 0.889. The van der Waals surface area contributed by atoms with Crippen LogP contribution >= 0.6 is 11.6 Å². The van der Waals surface area contributed by atoms with E-state index in [1.165, 1.54) is 0 Å². The van der Waals surface area contributed by atoms with Gasteiger partial charge in [0, 0.05) is 17.1 Å². The number of nitrogens with one attached hydrogen (secondary N) is 1.